The van der Waals surface area contributed by atoms with Crippen molar-refractivity contribution in [2.45, 2.75) is 6.92 Å². The number of hydrogen-bond acceptors (Lipinski definition) is 3. The van der Waals surface area contributed by atoms with Crippen molar-refractivity contribution < 1.29 is 14.6 Å². The van der Waals surface area contributed by atoms with Gasteiger partial charge in [-0.1, -0.05) is 43.0 Å². The van der Waals surface area contributed by atoms with Gasteiger partial charge in [0, 0.05) is 5.56 Å². The van der Waals surface area contributed by atoms with Crippen LogP contribution in [0.1, 0.15) is 17.3 Å². The molecule has 100 valence electrons. The van der Waals surface area contributed by atoms with Crippen LogP contribution in [0.4, 0.5) is 0 Å². The van der Waals surface area contributed by atoms with Gasteiger partial charge in [0.25, 0.3) is 0 Å². The lowest BCUT2D eigenvalue weighted by atomic mass is 10.0. The van der Waals surface area contributed by atoms with Crippen molar-refractivity contribution >= 4 is 5.78 Å². The van der Waals surface area contributed by atoms with Gasteiger partial charge >= 0.3 is 0 Å². The third-order valence-electron chi connectivity index (χ3n) is 2.45. The highest BCUT2D eigenvalue weighted by Gasteiger charge is 2.06. The molecule has 0 aromatic heterocycles. The van der Waals surface area contributed by atoms with Gasteiger partial charge < -0.3 is 9.84 Å². The first-order chi connectivity index (χ1) is 9.19. The number of aliphatic hydroxyl groups is 1. The van der Waals surface area contributed by atoms with Crippen LogP contribution in [0.2, 0.25) is 0 Å². The number of allylic oxidation sites excluding steroid dienone is 4. The van der Waals surface area contributed by atoms with Crippen molar-refractivity contribution in [3.8, 4) is 0 Å². The number of benzene rings is 1. The first-order valence-corrected chi connectivity index (χ1v) is 6.03. The Morgan fingerprint density at radius 2 is 2.00 bits per heavy atom. The van der Waals surface area contributed by atoms with Crippen LogP contribution < -0.4 is 0 Å². The number of rotatable bonds is 7. The fourth-order valence-corrected chi connectivity index (χ4v) is 1.44. The summed E-state index contributed by atoms with van der Waals surface area (Å²) in [6.07, 6.45) is 4.88. The molecule has 0 aliphatic carbocycles. The Labute approximate surface area is 113 Å². The predicted octanol–water partition coefficient (Wildman–Crippen LogP) is 2.89. The summed E-state index contributed by atoms with van der Waals surface area (Å²) in [5.74, 6) is 0.497. The summed E-state index contributed by atoms with van der Waals surface area (Å²) in [7, 11) is 0. The normalized spacial score (nSPS) is 12.1. The minimum atomic E-state index is -0.0587. The predicted molar refractivity (Wildman–Crippen MR) is 75.8 cm³/mol. The molecule has 0 atom stereocenters. The van der Waals surface area contributed by atoms with Crippen molar-refractivity contribution in [1.29, 1.82) is 0 Å². The lowest BCUT2D eigenvalue weighted by molar-refractivity contribution is 0.103. The van der Waals surface area contributed by atoms with E-state index < -0.39 is 0 Å². The van der Waals surface area contributed by atoms with Gasteiger partial charge in [0.15, 0.2) is 5.78 Å². The van der Waals surface area contributed by atoms with E-state index in [1.165, 1.54) is 6.08 Å². The molecule has 1 aromatic rings. The third-order valence-corrected chi connectivity index (χ3v) is 2.45. The van der Waals surface area contributed by atoms with Crippen molar-refractivity contribution in [2.75, 3.05) is 13.2 Å². The Hall–Kier alpha value is -2.13. The summed E-state index contributed by atoms with van der Waals surface area (Å²) < 4.78 is 5.21. The van der Waals surface area contributed by atoms with Crippen LogP contribution in [-0.2, 0) is 4.74 Å². The maximum atomic E-state index is 12.1. The second-order valence-corrected chi connectivity index (χ2v) is 3.89. The van der Waals surface area contributed by atoms with Crippen LogP contribution in [0.5, 0.6) is 0 Å². The zero-order valence-electron chi connectivity index (χ0n) is 11.0. The largest absolute Gasteiger partial charge is 0.491 e. The van der Waals surface area contributed by atoms with Gasteiger partial charge in [-0.15, -0.1) is 0 Å². The van der Waals surface area contributed by atoms with Crippen LogP contribution in [0.25, 0.3) is 0 Å². The Morgan fingerprint density at radius 3 is 2.58 bits per heavy atom. The fraction of sp³-hybridized carbons (Fsp3) is 0.188. The van der Waals surface area contributed by atoms with Crippen molar-refractivity contribution in [2.24, 2.45) is 0 Å². The van der Waals surface area contributed by atoms with Crippen molar-refractivity contribution in [3.63, 3.8) is 0 Å². The second kappa shape index (κ2) is 8.06. The Balaban J connectivity index is 2.78. The highest BCUT2D eigenvalue weighted by atomic mass is 16.5. The number of carbonyl (C=O) groups excluding carboxylic acids is 1. The Kier molecular flexibility index (Phi) is 6.33. The first kappa shape index (κ1) is 14.9. The maximum absolute atomic E-state index is 12.1. The number of Topliss-reactive ketones (excluding diaryl/α,β-unsaturated/α-hetero) is 1. The van der Waals surface area contributed by atoms with Crippen LogP contribution >= 0.6 is 0 Å². The van der Waals surface area contributed by atoms with Gasteiger partial charge in [0.1, 0.15) is 12.4 Å². The Morgan fingerprint density at radius 1 is 1.32 bits per heavy atom. The highest BCUT2D eigenvalue weighted by Crippen LogP contribution is 2.09. The number of carbonyl (C=O) groups is 1. The molecule has 0 spiro atoms. The van der Waals surface area contributed by atoms with E-state index in [2.05, 4.69) is 6.58 Å². The fourth-order valence-electron chi connectivity index (χ4n) is 1.44. The summed E-state index contributed by atoms with van der Waals surface area (Å²) in [5, 5.41) is 8.67. The number of aliphatic hydroxyl groups excluding tert-OH is 1. The van der Waals surface area contributed by atoms with Crippen LogP contribution in [0, 0.1) is 0 Å². The molecular formula is C16H18O3. The van der Waals surface area contributed by atoms with E-state index in [1.807, 2.05) is 18.2 Å². The van der Waals surface area contributed by atoms with Gasteiger partial charge in [-0.3, -0.25) is 4.79 Å². The van der Waals surface area contributed by atoms with E-state index in [1.54, 1.807) is 31.2 Å². The summed E-state index contributed by atoms with van der Waals surface area (Å²) in [5.41, 5.74) is 1.26. The molecular weight excluding hydrogens is 240 g/mol. The van der Waals surface area contributed by atoms with E-state index in [0.29, 0.717) is 16.9 Å². The minimum absolute atomic E-state index is 0.0255. The van der Waals surface area contributed by atoms with Crippen LogP contribution in [0.3, 0.4) is 0 Å². The van der Waals surface area contributed by atoms with Gasteiger partial charge in [-0.05, 0) is 24.6 Å². The molecule has 0 heterocycles. The minimum Gasteiger partial charge on any atom is -0.491 e. The average molecular weight is 258 g/mol. The van der Waals surface area contributed by atoms with Gasteiger partial charge in [-0.2, -0.15) is 0 Å². The monoisotopic (exact) mass is 258 g/mol. The van der Waals surface area contributed by atoms with E-state index in [0.717, 1.165) is 0 Å². The molecule has 19 heavy (non-hydrogen) atoms. The maximum Gasteiger partial charge on any atom is 0.188 e. The van der Waals surface area contributed by atoms with Crippen molar-refractivity contribution in [3.05, 3.63) is 72.0 Å². The average Bonchev–Trinajstić information content (AvgIpc) is 2.47. The SMILES string of the molecule is C=CC(=CC=C(C)C(=O)c1ccccc1)OCCO. The quantitative estimate of drug-likeness (QED) is 0.354. The van der Waals surface area contributed by atoms with E-state index >= 15 is 0 Å². The smallest absolute Gasteiger partial charge is 0.188 e. The summed E-state index contributed by atoms with van der Waals surface area (Å²) in [6.45, 7) is 5.50. The molecule has 0 saturated heterocycles. The summed E-state index contributed by atoms with van der Waals surface area (Å²) in [6, 6.07) is 9.08. The highest BCUT2D eigenvalue weighted by molar-refractivity contribution is 6.08. The third kappa shape index (κ3) is 4.94. The van der Waals surface area contributed by atoms with Crippen LogP contribution in [0.15, 0.2) is 66.5 Å². The zero-order chi connectivity index (χ0) is 14.1. The molecule has 3 nitrogen and oxygen atoms in total. The molecule has 1 N–H and O–H groups in total. The molecule has 1 rings (SSSR count). The molecule has 0 aliphatic rings. The lowest BCUT2D eigenvalue weighted by Crippen LogP contribution is -2.00. The van der Waals surface area contributed by atoms with E-state index in [4.69, 9.17) is 9.84 Å². The molecule has 3 heteroatoms. The topological polar surface area (TPSA) is 46.5 Å². The Bertz CT molecular complexity index is 484. The standard InChI is InChI=1S/C16H18O3/c1-3-15(19-12-11-17)10-9-13(2)16(18)14-7-5-4-6-8-14/h3-10,17H,1,11-12H2,2H3. The van der Waals surface area contributed by atoms with Crippen LogP contribution in [-0.4, -0.2) is 24.1 Å². The van der Waals surface area contributed by atoms with Gasteiger partial charge in [-0.25, -0.2) is 0 Å². The molecule has 0 unspecified atom stereocenters. The number of ketones is 1. The summed E-state index contributed by atoms with van der Waals surface area (Å²) >= 11 is 0. The van der Waals surface area contributed by atoms with E-state index in [-0.39, 0.29) is 19.0 Å². The number of ether oxygens (including phenoxy) is 1. The van der Waals surface area contributed by atoms with Gasteiger partial charge in [0.2, 0.25) is 0 Å². The summed E-state index contributed by atoms with van der Waals surface area (Å²) in [4.78, 5) is 12.1. The van der Waals surface area contributed by atoms with Crippen molar-refractivity contribution in [1.82, 2.24) is 0 Å². The molecule has 0 radical (unpaired) electrons. The van der Waals surface area contributed by atoms with Gasteiger partial charge in [0.05, 0.1) is 6.61 Å². The lowest BCUT2D eigenvalue weighted by Gasteiger charge is -2.04. The molecule has 0 aliphatic heterocycles. The molecule has 1 aromatic carbocycles. The van der Waals surface area contributed by atoms with E-state index in [9.17, 15) is 4.79 Å². The molecule has 0 fully saturated rings. The molecule has 0 bridgehead atoms. The molecule has 0 amide bonds. The number of hydrogen-bond donors (Lipinski definition) is 1. The zero-order valence-corrected chi connectivity index (χ0v) is 11.0. The second-order valence-electron chi connectivity index (χ2n) is 3.89. The molecule has 0 saturated carbocycles. The first-order valence-electron chi connectivity index (χ1n) is 6.03.